The van der Waals surface area contributed by atoms with Crippen molar-refractivity contribution in [3.8, 4) is 0 Å². The molecule has 1 aliphatic rings. The Balaban J connectivity index is 1.88. The summed E-state index contributed by atoms with van der Waals surface area (Å²) in [5.74, 6) is 2.38. The van der Waals surface area contributed by atoms with E-state index in [4.69, 9.17) is 4.74 Å². The number of rotatable bonds is 6. The predicted molar refractivity (Wildman–Crippen MR) is 99.5 cm³/mol. The molecule has 1 unspecified atom stereocenters. The van der Waals surface area contributed by atoms with Crippen molar-refractivity contribution in [1.29, 1.82) is 0 Å². The van der Waals surface area contributed by atoms with E-state index in [1.165, 1.54) is 7.11 Å². The van der Waals surface area contributed by atoms with Crippen molar-refractivity contribution in [2.45, 2.75) is 12.3 Å². The maximum absolute atomic E-state index is 12.2. The molecule has 0 bridgehead atoms. The zero-order chi connectivity index (χ0) is 17.1. The normalized spacial score (nSPS) is 17.7. The summed E-state index contributed by atoms with van der Waals surface area (Å²) in [4.78, 5) is 29.1. The third kappa shape index (κ3) is 3.28. The van der Waals surface area contributed by atoms with E-state index in [1.807, 2.05) is 28.9 Å². The molecule has 24 heavy (non-hydrogen) atoms. The number of benzene rings is 1. The van der Waals surface area contributed by atoms with E-state index in [0.717, 1.165) is 34.5 Å². The molecular formula is C17H20N2O3S2. The Morgan fingerprint density at radius 3 is 3.08 bits per heavy atom. The summed E-state index contributed by atoms with van der Waals surface area (Å²) < 4.78 is 4.77. The Morgan fingerprint density at radius 1 is 1.50 bits per heavy atom. The van der Waals surface area contributed by atoms with Gasteiger partial charge in [0.15, 0.2) is 0 Å². The van der Waals surface area contributed by atoms with Crippen LogP contribution in [0.15, 0.2) is 24.4 Å². The molecule has 1 amide bonds. The zero-order valence-electron chi connectivity index (χ0n) is 13.7. The number of esters is 1. The van der Waals surface area contributed by atoms with E-state index in [2.05, 4.69) is 11.9 Å². The Morgan fingerprint density at radius 2 is 2.33 bits per heavy atom. The average molecular weight is 364 g/mol. The fourth-order valence-electron chi connectivity index (χ4n) is 2.86. The van der Waals surface area contributed by atoms with E-state index in [9.17, 15) is 9.59 Å². The van der Waals surface area contributed by atoms with Gasteiger partial charge in [0, 0.05) is 35.0 Å². The minimum Gasteiger partial charge on any atom is -0.465 e. The molecule has 0 saturated carbocycles. The summed E-state index contributed by atoms with van der Waals surface area (Å²) in [6.07, 6.45) is 1.95. The first kappa shape index (κ1) is 17.2. The third-order valence-electron chi connectivity index (χ3n) is 4.05. The van der Waals surface area contributed by atoms with Crippen molar-refractivity contribution in [3.63, 3.8) is 0 Å². The van der Waals surface area contributed by atoms with Crippen molar-refractivity contribution in [2.24, 2.45) is 0 Å². The predicted octanol–water partition coefficient (Wildman–Crippen LogP) is 3.28. The number of aromatic nitrogens is 1. The SMILES string of the molecule is CCSCCN1C(=O)CSC1c1c[nH]c2cc(C(=O)OC)ccc12. The summed E-state index contributed by atoms with van der Waals surface area (Å²) in [6, 6.07) is 5.49. The average Bonchev–Trinajstić information content (AvgIpc) is 3.17. The van der Waals surface area contributed by atoms with Crippen LogP contribution in [-0.4, -0.2) is 52.7 Å². The van der Waals surface area contributed by atoms with Gasteiger partial charge in [-0.2, -0.15) is 11.8 Å². The number of amides is 1. The second kappa shape index (κ2) is 7.53. The Hall–Kier alpha value is -1.60. The number of nitrogens with zero attached hydrogens (tertiary/aromatic N) is 1. The first-order chi connectivity index (χ1) is 11.7. The van der Waals surface area contributed by atoms with Crippen molar-refractivity contribution in [2.75, 3.05) is 30.9 Å². The van der Waals surface area contributed by atoms with Gasteiger partial charge in [-0.3, -0.25) is 4.79 Å². The molecule has 0 spiro atoms. The topological polar surface area (TPSA) is 62.4 Å². The van der Waals surface area contributed by atoms with Crippen LogP contribution in [0.1, 0.15) is 28.2 Å². The molecular weight excluding hydrogens is 344 g/mol. The van der Waals surface area contributed by atoms with Crippen LogP contribution in [0.3, 0.4) is 0 Å². The summed E-state index contributed by atoms with van der Waals surface area (Å²) in [5, 5.41) is 1.08. The van der Waals surface area contributed by atoms with Gasteiger partial charge < -0.3 is 14.6 Å². The summed E-state index contributed by atoms with van der Waals surface area (Å²) in [6.45, 7) is 2.89. The molecule has 1 aliphatic heterocycles. The molecule has 1 aromatic heterocycles. The van der Waals surface area contributed by atoms with Gasteiger partial charge in [-0.25, -0.2) is 4.79 Å². The fourth-order valence-corrected chi connectivity index (χ4v) is 4.72. The second-order valence-corrected chi connectivity index (χ2v) is 7.91. The van der Waals surface area contributed by atoms with Crippen molar-refractivity contribution in [1.82, 2.24) is 9.88 Å². The molecule has 1 fully saturated rings. The van der Waals surface area contributed by atoms with E-state index in [1.54, 1.807) is 23.9 Å². The van der Waals surface area contributed by atoms with Crippen LogP contribution >= 0.6 is 23.5 Å². The Labute approximate surface area is 149 Å². The van der Waals surface area contributed by atoms with Crippen molar-refractivity contribution >= 4 is 46.3 Å². The highest BCUT2D eigenvalue weighted by Gasteiger charge is 2.33. The molecule has 1 atom stereocenters. The lowest BCUT2D eigenvalue weighted by atomic mass is 10.1. The molecule has 0 radical (unpaired) electrons. The largest absolute Gasteiger partial charge is 0.465 e. The highest BCUT2D eigenvalue weighted by atomic mass is 32.2. The molecule has 1 saturated heterocycles. The van der Waals surface area contributed by atoms with Gasteiger partial charge in [-0.15, -0.1) is 11.8 Å². The minimum atomic E-state index is -0.350. The van der Waals surface area contributed by atoms with Gasteiger partial charge in [-0.1, -0.05) is 13.0 Å². The molecule has 128 valence electrons. The summed E-state index contributed by atoms with van der Waals surface area (Å²) in [5.41, 5.74) is 2.50. The Bertz CT molecular complexity index is 759. The number of hydrogen-bond donors (Lipinski definition) is 1. The van der Waals surface area contributed by atoms with Crippen LogP contribution in [0.25, 0.3) is 10.9 Å². The number of fused-ring (bicyclic) bond motifs is 1. The van der Waals surface area contributed by atoms with Crippen LogP contribution in [0.4, 0.5) is 0 Å². The number of ether oxygens (including phenoxy) is 1. The standard InChI is InChI=1S/C17H20N2O3S2/c1-3-23-7-6-19-15(20)10-24-16(19)13-9-18-14-8-11(17(21)22-2)4-5-12(13)14/h4-5,8-9,16,18H,3,6-7,10H2,1-2H3. The first-order valence-electron chi connectivity index (χ1n) is 7.84. The van der Waals surface area contributed by atoms with Crippen LogP contribution in [0.5, 0.6) is 0 Å². The van der Waals surface area contributed by atoms with E-state index in [0.29, 0.717) is 11.3 Å². The van der Waals surface area contributed by atoms with Gasteiger partial charge in [0.25, 0.3) is 0 Å². The van der Waals surface area contributed by atoms with Gasteiger partial charge in [-0.05, 0) is 17.9 Å². The number of methoxy groups -OCH3 is 1. The van der Waals surface area contributed by atoms with Crippen molar-refractivity contribution < 1.29 is 14.3 Å². The smallest absolute Gasteiger partial charge is 0.337 e. The fraction of sp³-hybridized carbons (Fsp3) is 0.412. The molecule has 2 aromatic rings. The third-order valence-corrected chi connectivity index (χ3v) is 6.17. The summed E-state index contributed by atoms with van der Waals surface area (Å²) >= 11 is 3.50. The molecule has 2 heterocycles. The monoisotopic (exact) mass is 364 g/mol. The number of nitrogens with one attached hydrogen (secondary N) is 1. The number of thioether (sulfide) groups is 2. The zero-order valence-corrected chi connectivity index (χ0v) is 15.3. The van der Waals surface area contributed by atoms with Gasteiger partial charge in [0.1, 0.15) is 5.37 Å². The summed E-state index contributed by atoms with van der Waals surface area (Å²) in [7, 11) is 1.37. The van der Waals surface area contributed by atoms with Gasteiger partial charge in [0.05, 0.1) is 18.4 Å². The van der Waals surface area contributed by atoms with E-state index >= 15 is 0 Å². The molecule has 7 heteroatoms. The lowest BCUT2D eigenvalue weighted by molar-refractivity contribution is -0.127. The molecule has 3 rings (SSSR count). The van der Waals surface area contributed by atoms with Crippen LogP contribution < -0.4 is 0 Å². The quantitative estimate of drug-likeness (QED) is 0.629. The minimum absolute atomic E-state index is 0.0349. The lowest BCUT2D eigenvalue weighted by Gasteiger charge is -2.23. The molecule has 1 aromatic carbocycles. The highest BCUT2D eigenvalue weighted by Crippen LogP contribution is 2.41. The second-order valence-electron chi connectivity index (χ2n) is 5.44. The number of hydrogen-bond acceptors (Lipinski definition) is 5. The maximum Gasteiger partial charge on any atom is 0.337 e. The molecule has 0 aliphatic carbocycles. The van der Waals surface area contributed by atoms with Crippen LogP contribution in [-0.2, 0) is 9.53 Å². The Kier molecular flexibility index (Phi) is 5.40. The van der Waals surface area contributed by atoms with Crippen LogP contribution in [0, 0.1) is 0 Å². The number of carbonyl (C=O) groups is 2. The number of aromatic amines is 1. The van der Waals surface area contributed by atoms with Gasteiger partial charge >= 0.3 is 5.97 Å². The van der Waals surface area contributed by atoms with Crippen molar-refractivity contribution in [3.05, 3.63) is 35.5 Å². The van der Waals surface area contributed by atoms with Gasteiger partial charge in [0.2, 0.25) is 5.91 Å². The van der Waals surface area contributed by atoms with E-state index in [-0.39, 0.29) is 17.3 Å². The maximum atomic E-state index is 12.2. The molecule has 5 nitrogen and oxygen atoms in total. The molecule has 1 N–H and O–H groups in total. The first-order valence-corrected chi connectivity index (χ1v) is 10.0. The van der Waals surface area contributed by atoms with Crippen LogP contribution in [0.2, 0.25) is 0 Å². The number of H-pyrrole nitrogens is 1. The van der Waals surface area contributed by atoms with E-state index < -0.39 is 0 Å². The lowest BCUT2D eigenvalue weighted by Crippen LogP contribution is -2.30. The number of carbonyl (C=O) groups excluding carboxylic acids is 2. The highest BCUT2D eigenvalue weighted by molar-refractivity contribution is 8.00.